The van der Waals surface area contributed by atoms with E-state index in [0.717, 1.165) is 10.8 Å². The van der Waals surface area contributed by atoms with E-state index >= 15 is 0 Å². The summed E-state index contributed by atoms with van der Waals surface area (Å²) in [4.78, 5) is 49.6. The fraction of sp³-hybridized carbons (Fsp3) is 0.375. The van der Waals surface area contributed by atoms with Crippen LogP contribution in [0.1, 0.15) is 30.1 Å². The fourth-order valence-corrected chi connectivity index (χ4v) is 4.23. The summed E-state index contributed by atoms with van der Waals surface area (Å²) in [5.74, 6) is -4.13. The molecule has 0 radical (unpaired) electrons. The van der Waals surface area contributed by atoms with Gasteiger partial charge in [-0.05, 0) is 25.0 Å². The van der Waals surface area contributed by atoms with Crippen molar-refractivity contribution in [2.24, 2.45) is 0 Å². The average molecular weight is 554 g/mol. The number of hydrogen-bond acceptors (Lipinski definition) is 6. The number of anilines is 1. The van der Waals surface area contributed by atoms with Crippen molar-refractivity contribution >= 4 is 28.8 Å². The molecule has 4 heterocycles. The van der Waals surface area contributed by atoms with Crippen LogP contribution in [0.3, 0.4) is 0 Å². The summed E-state index contributed by atoms with van der Waals surface area (Å²) in [7, 11) is 0. The Morgan fingerprint density at radius 2 is 1.95 bits per heavy atom. The number of carbonyl (C=O) groups excluding carboxylic acids is 2. The van der Waals surface area contributed by atoms with Gasteiger partial charge in [0.15, 0.2) is 17.3 Å². The smallest absolute Gasteiger partial charge is 0.395 e. The van der Waals surface area contributed by atoms with Crippen molar-refractivity contribution in [1.82, 2.24) is 24.8 Å². The number of fused-ring (bicyclic) bond motifs is 1. The number of aliphatic hydroxyl groups is 1. The summed E-state index contributed by atoms with van der Waals surface area (Å²) in [5, 5.41) is 10.7. The second-order valence-corrected chi connectivity index (χ2v) is 8.72. The minimum atomic E-state index is -4.79. The van der Waals surface area contributed by atoms with Crippen molar-refractivity contribution in [2.75, 3.05) is 31.1 Å². The molecule has 0 unspecified atom stereocenters. The number of nitrogens with zero attached hydrogens (tertiary/aromatic N) is 5. The molecule has 3 aromatic heterocycles. The molecular weight excluding hydrogens is 531 g/mol. The molecule has 1 atom stereocenters. The van der Waals surface area contributed by atoms with Gasteiger partial charge in [-0.15, -0.1) is 0 Å². The molecule has 4 rings (SSSR count). The van der Waals surface area contributed by atoms with E-state index in [2.05, 4.69) is 9.97 Å². The Kier molecular flexibility index (Phi) is 7.81. The molecule has 208 valence electrons. The predicted molar refractivity (Wildman–Crippen MR) is 129 cm³/mol. The zero-order valence-electron chi connectivity index (χ0n) is 20.5. The van der Waals surface area contributed by atoms with Gasteiger partial charge in [0.25, 0.3) is 5.91 Å². The third kappa shape index (κ3) is 5.53. The van der Waals surface area contributed by atoms with Gasteiger partial charge < -0.3 is 15.3 Å². The van der Waals surface area contributed by atoms with Crippen LogP contribution in [0.4, 0.5) is 32.6 Å². The van der Waals surface area contributed by atoms with Crippen LogP contribution in [0.2, 0.25) is 0 Å². The fourth-order valence-electron chi connectivity index (χ4n) is 4.23. The zero-order chi connectivity index (χ0) is 28.5. The highest BCUT2D eigenvalue weighted by Gasteiger charge is 2.40. The lowest BCUT2D eigenvalue weighted by Gasteiger charge is -2.34. The summed E-state index contributed by atoms with van der Waals surface area (Å²) in [5.41, 5.74) is -2.03. The van der Waals surface area contributed by atoms with Gasteiger partial charge in [0.1, 0.15) is 23.2 Å². The normalized spacial score (nSPS) is 15.1. The number of amides is 3. The first-order chi connectivity index (χ1) is 18.5. The summed E-state index contributed by atoms with van der Waals surface area (Å²) in [6, 6.07) is 0.272. The molecule has 1 saturated heterocycles. The highest BCUT2D eigenvalue weighted by Crippen LogP contribution is 2.25. The molecule has 3 aromatic rings. The van der Waals surface area contributed by atoms with E-state index < -0.39 is 59.0 Å². The topological polar surface area (TPSA) is 121 Å². The molecule has 0 aliphatic carbocycles. The Morgan fingerprint density at radius 1 is 1.21 bits per heavy atom. The number of hydrogen-bond donors (Lipinski definition) is 2. The second kappa shape index (κ2) is 10.9. The molecule has 39 heavy (non-hydrogen) atoms. The maximum absolute atomic E-state index is 14.8. The van der Waals surface area contributed by atoms with Gasteiger partial charge in [-0.3, -0.25) is 19.1 Å². The van der Waals surface area contributed by atoms with Crippen LogP contribution >= 0.6 is 0 Å². The lowest BCUT2D eigenvalue weighted by atomic mass is 10.1. The van der Waals surface area contributed by atoms with Crippen molar-refractivity contribution in [3.8, 4) is 5.82 Å². The summed E-state index contributed by atoms with van der Waals surface area (Å²) in [6.45, 7) is 1.65. The maximum Gasteiger partial charge on any atom is 0.408 e. The van der Waals surface area contributed by atoms with Crippen molar-refractivity contribution in [3.05, 3.63) is 58.0 Å². The van der Waals surface area contributed by atoms with E-state index in [1.807, 2.05) is 0 Å². The third-order valence-corrected chi connectivity index (χ3v) is 6.16. The van der Waals surface area contributed by atoms with Gasteiger partial charge in [0, 0.05) is 31.9 Å². The van der Waals surface area contributed by atoms with Gasteiger partial charge in [0.2, 0.25) is 5.43 Å². The van der Waals surface area contributed by atoms with Gasteiger partial charge in [-0.25, -0.2) is 23.5 Å². The van der Waals surface area contributed by atoms with Gasteiger partial charge in [0.05, 0.1) is 18.2 Å². The number of alkyl halides is 3. The van der Waals surface area contributed by atoms with E-state index in [9.17, 15) is 41.4 Å². The molecule has 10 nitrogen and oxygen atoms in total. The third-order valence-electron chi connectivity index (χ3n) is 6.16. The first-order valence-corrected chi connectivity index (χ1v) is 11.9. The molecule has 1 aliphatic heterocycles. The molecule has 0 saturated carbocycles. The Hall–Kier alpha value is -4.14. The number of aromatic nitrogens is 3. The number of rotatable bonds is 7. The molecule has 15 heteroatoms. The van der Waals surface area contributed by atoms with Crippen LogP contribution in [0.25, 0.3) is 16.9 Å². The van der Waals surface area contributed by atoms with E-state index in [1.54, 1.807) is 5.32 Å². The lowest BCUT2D eigenvalue weighted by Crippen LogP contribution is -2.50. The van der Waals surface area contributed by atoms with E-state index in [0.29, 0.717) is 25.2 Å². The van der Waals surface area contributed by atoms with Gasteiger partial charge >= 0.3 is 12.2 Å². The SMILES string of the molecule is CC[C@H](NC(=O)c1cn(-c2ncc(F)cc2F)c2nc(N3CCCN(CCO)C3=O)ccc2c1=O)C(F)(F)F. The standard InChI is InChI=1S/C24H23F5N6O4/c1-2-17(24(27,28)29)31-22(38)15-12-35(21-16(26)10-13(25)11-30-21)20-14(19(15)37)4-5-18(32-20)34-7-3-6-33(8-9-36)23(34)39/h4-5,10-12,17,36H,2-3,6-9H2,1H3,(H,31,38)/t17-/m0/s1. The maximum atomic E-state index is 14.8. The van der Waals surface area contributed by atoms with Crippen LogP contribution in [-0.2, 0) is 0 Å². The summed E-state index contributed by atoms with van der Waals surface area (Å²) in [6.07, 6.45) is -3.31. The quantitative estimate of drug-likeness (QED) is 0.434. The van der Waals surface area contributed by atoms with Crippen LogP contribution in [0.5, 0.6) is 0 Å². The van der Waals surface area contributed by atoms with E-state index in [1.165, 1.54) is 28.9 Å². The lowest BCUT2D eigenvalue weighted by molar-refractivity contribution is -0.153. The number of carbonyl (C=O) groups is 2. The first kappa shape index (κ1) is 27.9. The van der Waals surface area contributed by atoms with Crippen molar-refractivity contribution in [1.29, 1.82) is 0 Å². The Morgan fingerprint density at radius 3 is 2.59 bits per heavy atom. The zero-order valence-corrected chi connectivity index (χ0v) is 20.5. The molecule has 3 amide bonds. The number of aliphatic hydroxyl groups excluding tert-OH is 1. The molecule has 0 bridgehead atoms. The Bertz CT molecular complexity index is 1480. The van der Waals surface area contributed by atoms with E-state index in [-0.39, 0.29) is 36.5 Å². The summed E-state index contributed by atoms with van der Waals surface area (Å²) < 4.78 is 69.0. The number of β-amino-alcohol motifs (C(OH)–C–C–N with tert-alkyl or cyclic N) is 1. The first-order valence-electron chi connectivity index (χ1n) is 11.9. The Labute approximate surface area is 217 Å². The largest absolute Gasteiger partial charge is 0.408 e. The highest BCUT2D eigenvalue weighted by molar-refractivity contribution is 5.98. The molecule has 1 aliphatic rings. The van der Waals surface area contributed by atoms with Gasteiger partial charge in [-0.2, -0.15) is 13.2 Å². The van der Waals surface area contributed by atoms with Crippen LogP contribution in [0.15, 0.2) is 35.4 Å². The second-order valence-electron chi connectivity index (χ2n) is 8.72. The van der Waals surface area contributed by atoms with Crippen LogP contribution in [0, 0.1) is 11.6 Å². The number of urea groups is 1. The molecule has 2 N–H and O–H groups in total. The number of halogens is 5. The minimum Gasteiger partial charge on any atom is -0.395 e. The van der Waals surface area contributed by atoms with Crippen molar-refractivity contribution in [2.45, 2.75) is 32.0 Å². The number of nitrogens with one attached hydrogen (secondary N) is 1. The van der Waals surface area contributed by atoms with Crippen LogP contribution < -0.4 is 15.6 Å². The average Bonchev–Trinajstić information content (AvgIpc) is 2.88. The molecular formula is C24H23F5N6O4. The predicted octanol–water partition coefficient (Wildman–Crippen LogP) is 2.75. The number of pyridine rings is 3. The minimum absolute atomic E-state index is 0.0473. The van der Waals surface area contributed by atoms with E-state index in [4.69, 9.17) is 0 Å². The molecule has 0 spiro atoms. The summed E-state index contributed by atoms with van der Waals surface area (Å²) >= 11 is 0. The van der Waals surface area contributed by atoms with Crippen molar-refractivity contribution < 1.29 is 36.6 Å². The van der Waals surface area contributed by atoms with Crippen molar-refractivity contribution in [3.63, 3.8) is 0 Å². The van der Waals surface area contributed by atoms with Crippen LogP contribution in [-0.4, -0.2) is 74.9 Å². The molecule has 0 aromatic carbocycles. The van der Waals surface area contributed by atoms with Gasteiger partial charge in [-0.1, -0.05) is 6.92 Å². The Balaban J connectivity index is 1.89. The highest BCUT2D eigenvalue weighted by atomic mass is 19.4. The monoisotopic (exact) mass is 554 g/mol. The molecule has 1 fully saturated rings.